The van der Waals surface area contributed by atoms with E-state index in [-0.39, 0.29) is 6.04 Å². The summed E-state index contributed by atoms with van der Waals surface area (Å²) in [6.45, 7) is 3.98. The van der Waals surface area contributed by atoms with Gasteiger partial charge in [-0.15, -0.1) is 0 Å². The highest BCUT2D eigenvalue weighted by molar-refractivity contribution is 7.87. The van der Waals surface area contributed by atoms with E-state index >= 15 is 0 Å². The fraction of sp³-hybridized carbons (Fsp3) is 0.818. The molecule has 1 aliphatic rings. The molecule has 10 heteroatoms. The van der Waals surface area contributed by atoms with Crippen LogP contribution in [0.15, 0.2) is 0 Å². The zero-order chi connectivity index (χ0) is 16.0. The lowest BCUT2D eigenvalue weighted by molar-refractivity contribution is -0.118. The fourth-order valence-electron chi connectivity index (χ4n) is 2.06. The Morgan fingerprint density at radius 1 is 1.38 bits per heavy atom. The number of piperidine rings is 1. The average molecular weight is 322 g/mol. The third kappa shape index (κ3) is 5.86. The largest absolute Gasteiger partial charge is 0.446 e. The van der Waals surface area contributed by atoms with Crippen molar-refractivity contribution in [3.63, 3.8) is 0 Å². The highest BCUT2D eigenvalue weighted by Crippen LogP contribution is 2.15. The minimum absolute atomic E-state index is 0.386. The van der Waals surface area contributed by atoms with Gasteiger partial charge in [-0.25, -0.2) is 9.52 Å². The van der Waals surface area contributed by atoms with Crippen molar-refractivity contribution in [1.82, 2.24) is 14.3 Å². The molecule has 0 aromatic rings. The van der Waals surface area contributed by atoms with Crippen molar-refractivity contribution in [3.05, 3.63) is 0 Å². The summed E-state index contributed by atoms with van der Waals surface area (Å²) in [4.78, 5) is 22.6. The molecule has 0 radical (unpaired) electrons. The molecule has 1 fully saturated rings. The number of nitrogens with two attached hydrogens (primary N) is 1. The molecule has 0 aromatic carbocycles. The zero-order valence-corrected chi connectivity index (χ0v) is 13.0. The molecule has 9 nitrogen and oxygen atoms in total. The summed E-state index contributed by atoms with van der Waals surface area (Å²) in [5, 5.41) is 3.09. The Labute approximate surface area is 124 Å². The van der Waals surface area contributed by atoms with Crippen LogP contribution in [0.1, 0.15) is 26.7 Å². The van der Waals surface area contributed by atoms with Crippen molar-refractivity contribution in [2.75, 3.05) is 19.6 Å². The maximum absolute atomic E-state index is 12.2. The lowest BCUT2D eigenvalue weighted by Gasteiger charge is -2.32. The number of ether oxygens (including phenoxy) is 1. The van der Waals surface area contributed by atoms with Gasteiger partial charge in [0.25, 0.3) is 0 Å². The number of nitrogens with zero attached hydrogens (tertiary/aromatic N) is 1. The second kappa shape index (κ2) is 7.57. The molecule has 0 aliphatic carbocycles. The Kier molecular flexibility index (Phi) is 6.37. The quantitative estimate of drug-likeness (QED) is 0.569. The van der Waals surface area contributed by atoms with Gasteiger partial charge in [-0.2, -0.15) is 12.7 Å². The van der Waals surface area contributed by atoms with E-state index in [0.29, 0.717) is 25.9 Å². The fourth-order valence-corrected chi connectivity index (χ4v) is 3.34. The number of hydrogen-bond donors (Lipinski definition) is 3. The highest BCUT2D eigenvalue weighted by atomic mass is 32.2. The van der Waals surface area contributed by atoms with Crippen LogP contribution in [0.25, 0.3) is 0 Å². The Hall–Kier alpha value is -1.39. The Balaban J connectivity index is 2.84. The van der Waals surface area contributed by atoms with E-state index in [4.69, 9.17) is 10.5 Å². The monoisotopic (exact) mass is 322 g/mol. The second-order valence-corrected chi connectivity index (χ2v) is 6.68. The molecular formula is C11H22N4O5S. The first-order chi connectivity index (χ1) is 9.72. The van der Waals surface area contributed by atoms with E-state index in [9.17, 15) is 18.0 Å². The SMILES string of the molecule is CC(C)OC(=O)NS(=O)(=O)N(CC(N)=O)C1CCNCC1. The lowest BCUT2D eigenvalue weighted by Crippen LogP contribution is -2.54. The first kappa shape index (κ1) is 17.7. The predicted molar refractivity (Wildman–Crippen MR) is 75.5 cm³/mol. The van der Waals surface area contributed by atoms with Gasteiger partial charge in [0, 0.05) is 6.04 Å². The van der Waals surface area contributed by atoms with Gasteiger partial charge in [0.2, 0.25) is 5.91 Å². The molecule has 1 rings (SSSR count). The van der Waals surface area contributed by atoms with Crippen molar-refractivity contribution >= 4 is 22.2 Å². The summed E-state index contributed by atoms with van der Waals surface area (Å²) in [7, 11) is -4.18. The number of amides is 2. The molecule has 0 saturated carbocycles. The summed E-state index contributed by atoms with van der Waals surface area (Å²) in [6, 6.07) is -0.386. The smallest absolute Gasteiger partial charge is 0.422 e. The Bertz CT molecular complexity index is 473. The molecule has 0 spiro atoms. The van der Waals surface area contributed by atoms with E-state index < -0.39 is 34.9 Å². The molecule has 0 aromatic heterocycles. The molecule has 1 aliphatic heterocycles. The predicted octanol–water partition coefficient (Wildman–Crippen LogP) is -1.09. The summed E-state index contributed by atoms with van der Waals surface area (Å²) in [6.07, 6.45) is -0.460. The van der Waals surface area contributed by atoms with Crippen LogP contribution >= 0.6 is 0 Å². The van der Waals surface area contributed by atoms with Gasteiger partial charge >= 0.3 is 16.3 Å². The van der Waals surface area contributed by atoms with Crippen molar-refractivity contribution in [2.45, 2.75) is 38.8 Å². The third-order valence-electron chi connectivity index (χ3n) is 2.89. The first-order valence-corrected chi connectivity index (χ1v) is 8.15. The van der Waals surface area contributed by atoms with Crippen LogP contribution in [0.4, 0.5) is 4.79 Å². The van der Waals surface area contributed by atoms with E-state index in [0.717, 1.165) is 4.31 Å². The van der Waals surface area contributed by atoms with Crippen molar-refractivity contribution in [1.29, 1.82) is 0 Å². The summed E-state index contributed by atoms with van der Waals surface area (Å²) in [5.74, 6) is -0.781. The summed E-state index contributed by atoms with van der Waals surface area (Å²) >= 11 is 0. The Morgan fingerprint density at radius 3 is 2.43 bits per heavy atom. The molecular weight excluding hydrogens is 300 g/mol. The number of carbonyl (C=O) groups is 2. The van der Waals surface area contributed by atoms with Crippen LogP contribution in [0.5, 0.6) is 0 Å². The van der Waals surface area contributed by atoms with E-state index in [1.165, 1.54) is 0 Å². The molecule has 0 bridgehead atoms. The topological polar surface area (TPSA) is 131 Å². The second-order valence-electron chi connectivity index (χ2n) is 5.05. The van der Waals surface area contributed by atoms with E-state index in [2.05, 4.69) is 5.32 Å². The van der Waals surface area contributed by atoms with Crippen LogP contribution in [-0.2, 0) is 19.7 Å². The number of rotatable bonds is 6. The number of nitrogens with one attached hydrogen (secondary N) is 2. The van der Waals surface area contributed by atoms with Crippen LogP contribution in [-0.4, -0.2) is 56.5 Å². The van der Waals surface area contributed by atoms with Gasteiger partial charge in [0.15, 0.2) is 0 Å². The van der Waals surface area contributed by atoms with E-state index in [1.54, 1.807) is 18.6 Å². The van der Waals surface area contributed by atoms with Crippen LogP contribution in [0, 0.1) is 0 Å². The maximum Gasteiger partial charge on any atom is 0.422 e. The summed E-state index contributed by atoms with van der Waals surface area (Å²) < 4.78 is 32.0. The van der Waals surface area contributed by atoms with Crippen molar-refractivity contribution in [3.8, 4) is 0 Å². The van der Waals surface area contributed by atoms with Crippen LogP contribution < -0.4 is 15.8 Å². The molecule has 4 N–H and O–H groups in total. The molecule has 0 unspecified atom stereocenters. The van der Waals surface area contributed by atoms with Gasteiger partial charge in [0.05, 0.1) is 12.6 Å². The minimum atomic E-state index is -4.18. The number of hydrogen-bond acceptors (Lipinski definition) is 6. The zero-order valence-electron chi connectivity index (χ0n) is 12.2. The Morgan fingerprint density at radius 2 is 1.95 bits per heavy atom. The number of primary amides is 1. The molecule has 1 heterocycles. The normalized spacial score (nSPS) is 17.0. The van der Waals surface area contributed by atoms with Crippen LogP contribution in [0.3, 0.4) is 0 Å². The molecule has 2 amide bonds. The molecule has 122 valence electrons. The van der Waals surface area contributed by atoms with Crippen molar-refractivity contribution in [2.24, 2.45) is 5.73 Å². The third-order valence-corrected chi connectivity index (χ3v) is 4.36. The highest BCUT2D eigenvalue weighted by Gasteiger charge is 2.33. The van der Waals surface area contributed by atoms with Gasteiger partial charge in [-0.3, -0.25) is 4.79 Å². The minimum Gasteiger partial charge on any atom is -0.446 e. The summed E-state index contributed by atoms with van der Waals surface area (Å²) in [5.41, 5.74) is 5.10. The van der Waals surface area contributed by atoms with Gasteiger partial charge < -0.3 is 15.8 Å². The standard InChI is InChI=1S/C11H22N4O5S/c1-8(2)20-11(17)14-21(18,19)15(7-10(12)16)9-3-5-13-6-4-9/h8-9,13H,3-7H2,1-2H3,(H2,12,16)(H,14,17). The maximum atomic E-state index is 12.2. The number of carbonyl (C=O) groups excluding carboxylic acids is 2. The molecule has 0 atom stereocenters. The van der Waals surface area contributed by atoms with Gasteiger partial charge in [0.1, 0.15) is 0 Å². The molecule has 1 saturated heterocycles. The first-order valence-electron chi connectivity index (χ1n) is 6.71. The van der Waals surface area contributed by atoms with Crippen molar-refractivity contribution < 1.29 is 22.7 Å². The van der Waals surface area contributed by atoms with E-state index in [1.807, 2.05) is 0 Å². The van der Waals surface area contributed by atoms with Gasteiger partial charge in [-0.05, 0) is 39.8 Å². The van der Waals surface area contributed by atoms with Crippen LogP contribution in [0.2, 0.25) is 0 Å². The molecule has 21 heavy (non-hydrogen) atoms. The van der Waals surface area contributed by atoms with Gasteiger partial charge in [-0.1, -0.05) is 0 Å². The average Bonchev–Trinajstić information content (AvgIpc) is 2.34. The lowest BCUT2D eigenvalue weighted by atomic mass is 10.1.